The summed E-state index contributed by atoms with van der Waals surface area (Å²) >= 11 is 0. The third kappa shape index (κ3) is 7.21. The molecular formula is C21H35N3O3. The zero-order valence-electron chi connectivity index (χ0n) is 17.8. The molecule has 1 aromatic rings. The molecule has 0 aliphatic heterocycles. The molecule has 6 heteroatoms. The molecule has 0 heterocycles. The van der Waals surface area contributed by atoms with Crippen LogP contribution in [-0.4, -0.2) is 50.6 Å². The first-order chi connectivity index (χ1) is 12.7. The number of carbonyl (C=O) groups excluding carboxylic acids is 2. The topological polar surface area (TPSA) is 61.9 Å². The van der Waals surface area contributed by atoms with Gasteiger partial charge in [0.05, 0.1) is 0 Å². The first kappa shape index (κ1) is 23.0. The van der Waals surface area contributed by atoms with Crippen LogP contribution >= 0.6 is 0 Å². The van der Waals surface area contributed by atoms with Crippen LogP contribution in [0.3, 0.4) is 0 Å². The van der Waals surface area contributed by atoms with E-state index in [0.29, 0.717) is 18.9 Å². The summed E-state index contributed by atoms with van der Waals surface area (Å²) in [6.07, 6.45) is 1.34. The summed E-state index contributed by atoms with van der Waals surface area (Å²) in [5.74, 6) is 0.270. The highest BCUT2D eigenvalue weighted by Crippen LogP contribution is 2.26. The molecule has 0 radical (unpaired) electrons. The number of nitrogens with one attached hydrogen (secondary N) is 1. The zero-order valence-corrected chi connectivity index (χ0v) is 17.8. The van der Waals surface area contributed by atoms with Crippen molar-refractivity contribution in [1.82, 2.24) is 4.90 Å². The fourth-order valence-electron chi connectivity index (χ4n) is 2.91. The van der Waals surface area contributed by atoms with E-state index >= 15 is 0 Å². The molecule has 1 aromatic carbocycles. The Labute approximate surface area is 163 Å². The molecular weight excluding hydrogens is 342 g/mol. The van der Waals surface area contributed by atoms with E-state index in [2.05, 4.69) is 12.2 Å². The average molecular weight is 378 g/mol. The van der Waals surface area contributed by atoms with E-state index < -0.39 is 0 Å². The lowest BCUT2D eigenvalue weighted by Gasteiger charge is -2.30. The number of hydrogen-bond acceptors (Lipinski definition) is 4. The number of benzene rings is 1. The number of carbonyl (C=O) groups is 2. The van der Waals surface area contributed by atoms with E-state index in [0.717, 1.165) is 23.4 Å². The Morgan fingerprint density at radius 1 is 1.19 bits per heavy atom. The van der Waals surface area contributed by atoms with E-state index in [-0.39, 0.29) is 24.5 Å². The van der Waals surface area contributed by atoms with Crippen LogP contribution < -0.4 is 10.2 Å². The molecule has 152 valence electrons. The first-order valence-electron chi connectivity index (χ1n) is 9.58. The quantitative estimate of drug-likeness (QED) is 0.678. The molecule has 0 aliphatic rings. The zero-order chi connectivity index (χ0) is 20.6. The van der Waals surface area contributed by atoms with Gasteiger partial charge in [0.15, 0.2) is 0 Å². The summed E-state index contributed by atoms with van der Waals surface area (Å²) in [6, 6.07) is 5.95. The monoisotopic (exact) mass is 377 g/mol. The molecule has 0 spiro atoms. The number of nitrogens with zero attached hydrogens (tertiary/aromatic N) is 2. The minimum atomic E-state index is -0.0363. The first-order valence-corrected chi connectivity index (χ1v) is 9.58. The summed E-state index contributed by atoms with van der Waals surface area (Å²) < 4.78 is 5.05. The van der Waals surface area contributed by atoms with Gasteiger partial charge in [0, 0.05) is 51.6 Å². The molecule has 0 fully saturated rings. The van der Waals surface area contributed by atoms with Gasteiger partial charge in [0.2, 0.25) is 11.8 Å². The van der Waals surface area contributed by atoms with Gasteiger partial charge in [-0.1, -0.05) is 20.8 Å². The third-order valence-electron chi connectivity index (χ3n) is 4.49. The lowest BCUT2D eigenvalue weighted by atomic mass is 10.1. The molecule has 0 saturated heterocycles. The molecule has 6 nitrogen and oxygen atoms in total. The van der Waals surface area contributed by atoms with Crippen molar-refractivity contribution in [2.75, 3.05) is 38.0 Å². The fraction of sp³-hybridized carbons (Fsp3) is 0.619. The lowest BCUT2D eigenvalue weighted by Crippen LogP contribution is -2.40. The van der Waals surface area contributed by atoms with Crippen molar-refractivity contribution >= 4 is 23.2 Å². The van der Waals surface area contributed by atoms with Crippen LogP contribution in [0, 0.1) is 5.92 Å². The van der Waals surface area contributed by atoms with Gasteiger partial charge in [0.25, 0.3) is 0 Å². The number of ether oxygens (including phenoxy) is 1. The van der Waals surface area contributed by atoms with Crippen molar-refractivity contribution in [3.05, 3.63) is 23.8 Å². The van der Waals surface area contributed by atoms with Crippen LogP contribution in [0.25, 0.3) is 0 Å². The van der Waals surface area contributed by atoms with Gasteiger partial charge in [-0.2, -0.15) is 0 Å². The molecule has 2 amide bonds. The van der Waals surface area contributed by atoms with Crippen LogP contribution in [0.1, 0.15) is 46.1 Å². The highest BCUT2D eigenvalue weighted by atomic mass is 16.5. The molecule has 1 N–H and O–H groups in total. The largest absolute Gasteiger partial charge is 0.377 e. The number of rotatable bonds is 10. The predicted octanol–water partition coefficient (Wildman–Crippen LogP) is 3.51. The lowest BCUT2D eigenvalue weighted by molar-refractivity contribution is -0.138. The van der Waals surface area contributed by atoms with Gasteiger partial charge >= 0.3 is 0 Å². The second-order valence-corrected chi connectivity index (χ2v) is 7.60. The Hall–Kier alpha value is -2.08. The average Bonchev–Trinajstić information content (AvgIpc) is 2.58. The smallest absolute Gasteiger partial charge is 0.249 e. The molecule has 0 saturated carbocycles. The van der Waals surface area contributed by atoms with Gasteiger partial charge in [-0.15, -0.1) is 0 Å². The highest BCUT2D eigenvalue weighted by Gasteiger charge is 2.21. The number of hydrogen-bond donors (Lipinski definition) is 1. The van der Waals surface area contributed by atoms with Crippen LogP contribution in [0.4, 0.5) is 11.4 Å². The van der Waals surface area contributed by atoms with Gasteiger partial charge in [-0.05, 0) is 43.0 Å². The van der Waals surface area contributed by atoms with Gasteiger partial charge in [-0.25, -0.2) is 0 Å². The summed E-state index contributed by atoms with van der Waals surface area (Å²) in [6.45, 7) is 8.67. The van der Waals surface area contributed by atoms with E-state index in [4.69, 9.17) is 4.74 Å². The van der Waals surface area contributed by atoms with Gasteiger partial charge in [0.1, 0.15) is 6.61 Å². The van der Waals surface area contributed by atoms with Crippen LogP contribution in [-0.2, 0) is 20.9 Å². The molecule has 0 aliphatic carbocycles. The number of amides is 2. The van der Waals surface area contributed by atoms with Crippen LogP contribution in [0.5, 0.6) is 0 Å². The minimum Gasteiger partial charge on any atom is -0.377 e. The number of methoxy groups -OCH3 is 1. The Morgan fingerprint density at radius 2 is 1.85 bits per heavy atom. The van der Waals surface area contributed by atoms with Crippen molar-refractivity contribution in [3.8, 4) is 0 Å². The Kier molecular flexibility index (Phi) is 9.29. The summed E-state index contributed by atoms with van der Waals surface area (Å²) in [7, 11) is 5.48. The van der Waals surface area contributed by atoms with Gasteiger partial charge in [-0.3, -0.25) is 9.59 Å². The minimum absolute atomic E-state index is 0.00259. The number of anilines is 2. The Morgan fingerprint density at radius 3 is 2.37 bits per heavy atom. The van der Waals surface area contributed by atoms with Crippen molar-refractivity contribution in [2.45, 2.75) is 53.1 Å². The maximum Gasteiger partial charge on any atom is 0.249 e. The Bertz CT molecular complexity index is 629. The van der Waals surface area contributed by atoms with E-state index in [9.17, 15) is 9.59 Å². The van der Waals surface area contributed by atoms with Crippen LogP contribution in [0.15, 0.2) is 18.2 Å². The third-order valence-corrected chi connectivity index (χ3v) is 4.49. The molecule has 0 aromatic heterocycles. The van der Waals surface area contributed by atoms with Crippen molar-refractivity contribution in [1.29, 1.82) is 0 Å². The summed E-state index contributed by atoms with van der Waals surface area (Å²) in [4.78, 5) is 28.5. The SMILES string of the molecule is CC[C@@H](C)N(Cc1cc(NC(=O)CC(C)C)ccc1N(C)C)C(=O)COC. The van der Waals surface area contributed by atoms with E-state index in [1.807, 2.05) is 62.9 Å². The molecule has 1 rings (SSSR count). The second-order valence-electron chi connectivity index (χ2n) is 7.60. The van der Waals surface area contributed by atoms with Crippen molar-refractivity contribution < 1.29 is 14.3 Å². The normalized spacial score (nSPS) is 12.0. The van der Waals surface area contributed by atoms with Crippen molar-refractivity contribution in [2.24, 2.45) is 5.92 Å². The summed E-state index contributed by atoms with van der Waals surface area (Å²) in [5.41, 5.74) is 2.77. The van der Waals surface area contributed by atoms with E-state index in [1.54, 1.807) is 0 Å². The molecule has 0 unspecified atom stereocenters. The standard InChI is InChI=1S/C21H35N3O3/c1-8-16(4)24(21(26)14-27-7)13-17-12-18(9-10-19(17)23(5)6)22-20(25)11-15(2)3/h9-10,12,15-16H,8,11,13-14H2,1-7H3,(H,22,25)/t16-/m1/s1. The van der Waals surface area contributed by atoms with E-state index in [1.165, 1.54) is 7.11 Å². The predicted molar refractivity (Wildman–Crippen MR) is 111 cm³/mol. The van der Waals surface area contributed by atoms with Crippen molar-refractivity contribution in [3.63, 3.8) is 0 Å². The molecule has 0 bridgehead atoms. The van der Waals surface area contributed by atoms with Crippen LogP contribution in [0.2, 0.25) is 0 Å². The van der Waals surface area contributed by atoms with Gasteiger partial charge < -0.3 is 19.9 Å². The molecule has 1 atom stereocenters. The highest BCUT2D eigenvalue weighted by molar-refractivity contribution is 5.91. The maximum absolute atomic E-state index is 12.5. The fourth-order valence-corrected chi connectivity index (χ4v) is 2.91. The second kappa shape index (κ2) is 10.9. The maximum atomic E-state index is 12.5. The molecule has 27 heavy (non-hydrogen) atoms. The Balaban J connectivity index is 3.14. The summed E-state index contributed by atoms with van der Waals surface area (Å²) in [5, 5.41) is 2.97.